The summed E-state index contributed by atoms with van der Waals surface area (Å²) in [4.78, 5) is 6.35. The van der Waals surface area contributed by atoms with Crippen LogP contribution in [-0.2, 0) is 0 Å². The van der Waals surface area contributed by atoms with E-state index >= 15 is 0 Å². The summed E-state index contributed by atoms with van der Waals surface area (Å²) in [6.07, 6.45) is 5.29. The molecule has 1 rings (SSSR count). The van der Waals surface area contributed by atoms with E-state index < -0.39 is 0 Å². The van der Waals surface area contributed by atoms with Crippen LogP contribution in [0.4, 0.5) is 5.82 Å². The maximum atomic E-state index is 8.64. The molecular formula is C12H17N3. The van der Waals surface area contributed by atoms with Gasteiger partial charge in [0.2, 0.25) is 0 Å². The second kappa shape index (κ2) is 6.02. The molecule has 3 heteroatoms. The lowest BCUT2D eigenvalue weighted by atomic mass is 10.2. The lowest BCUT2D eigenvalue weighted by Crippen LogP contribution is -2.19. The van der Waals surface area contributed by atoms with E-state index in [1.54, 1.807) is 12.3 Å². The lowest BCUT2D eigenvalue weighted by molar-refractivity contribution is 0.701. The molecule has 1 aromatic rings. The fourth-order valence-corrected chi connectivity index (χ4v) is 1.39. The summed E-state index contributed by atoms with van der Waals surface area (Å²) in [5, 5.41) is 8.64. The highest BCUT2D eigenvalue weighted by Crippen LogP contribution is 2.10. The first-order chi connectivity index (χ1) is 7.27. The second-order valence-electron chi connectivity index (χ2n) is 3.65. The molecule has 0 spiro atoms. The van der Waals surface area contributed by atoms with Crippen molar-refractivity contribution in [2.24, 2.45) is 0 Å². The highest BCUT2D eigenvalue weighted by Gasteiger charge is 2.01. The van der Waals surface area contributed by atoms with E-state index in [4.69, 9.17) is 5.26 Å². The summed E-state index contributed by atoms with van der Waals surface area (Å²) in [6, 6.07) is 5.76. The van der Waals surface area contributed by atoms with Crippen LogP contribution in [0, 0.1) is 11.3 Å². The van der Waals surface area contributed by atoms with Gasteiger partial charge in [0.1, 0.15) is 11.9 Å². The number of hydrogen-bond donors (Lipinski definition) is 0. The van der Waals surface area contributed by atoms with Crippen molar-refractivity contribution in [1.82, 2.24) is 4.98 Å². The van der Waals surface area contributed by atoms with E-state index in [1.807, 2.05) is 13.1 Å². The molecule has 0 bridgehead atoms. The van der Waals surface area contributed by atoms with E-state index in [-0.39, 0.29) is 0 Å². The van der Waals surface area contributed by atoms with Crippen LogP contribution in [0.2, 0.25) is 0 Å². The van der Waals surface area contributed by atoms with Crippen LogP contribution in [0.3, 0.4) is 0 Å². The molecule has 80 valence electrons. The Balaban J connectivity index is 2.51. The fourth-order valence-electron chi connectivity index (χ4n) is 1.39. The molecule has 0 atom stereocenters. The molecule has 0 fully saturated rings. The molecule has 0 amide bonds. The van der Waals surface area contributed by atoms with Crippen LogP contribution in [0.25, 0.3) is 0 Å². The minimum atomic E-state index is 0.612. The monoisotopic (exact) mass is 203 g/mol. The van der Waals surface area contributed by atoms with Crippen molar-refractivity contribution in [2.75, 3.05) is 18.5 Å². The van der Waals surface area contributed by atoms with Gasteiger partial charge in [-0.1, -0.05) is 19.8 Å². The third-order valence-electron chi connectivity index (χ3n) is 2.37. The molecule has 0 saturated carbocycles. The van der Waals surface area contributed by atoms with Crippen LogP contribution >= 0.6 is 0 Å². The Morgan fingerprint density at radius 2 is 2.20 bits per heavy atom. The minimum Gasteiger partial charge on any atom is -0.360 e. The Labute approximate surface area is 91.4 Å². The number of rotatable bonds is 5. The van der Waals surface area contributed by atoms with Gasteiger partial charge in [0, 0.05) is 19.8 Å². The van der Waals surface area contributed by atoms with Gasteiger partial charge in [0.15, 0.2) is 0 Å². The average Bonchev–Trinajstić information content (AvgIpc) is 2.29. The molecule has 0 aliphatic carbocycles. The molecule has 0 aliphatic heterocycles. The smallest absolute Gasteiger partial charge is 0.128 e. The summed E-state index contributed by atoms with van der Waals surface area (Å²) in [5.41, 5.74) is 0.612. The number of pyridine rings is 1. The van der Waals surface area contributed by atoms with Gasteiger partial charge in [-0.25, -0.2) is 4.98 Å². The Bertz CT molecular complexity index is 324. The maximum Gasteiger partial charge on any atom is 0.128 e. The van der Waals surface area contributed by atoms with Crippen LogP contribution in [0.15, 0.2) is 18.3 Å². The molecule has 0 aromatic carbocycles. The molecule has 0 aliphatic rings. The van der Waals surface area contributed by atoms with Crippen LogP contribution in [0.5, 0.6) is 0 Å². The van der Waals surface area contributed by atoms with E-state index in [0.717, 1.165) is 12.4 Å². The van der Waals surface area contributed by atoms with E-state index in [9.17, 15) is 0 Å². The molecular weight excluding hydrogens is 186 g/mol. The van der Waals surface area contributed by atoms with E-state index in [0.29, 0.717) is 5.56 Å². The van der Waals surface area contributed by atoms with Crippen LogP contribution in [-0.4, -0.2) is 18.6 Å². The largest absolute Gasteiger partial charge is 0.360 e. The van der Waals surface area contributed by atoms with Gasteiger partial charge in [0.25, 0.3) is 0 Å². The highest BCUT2D eigenvalue weighted by molar-refractivity contribution is 5.40. The Morgan fingerprint density at radius 3 is 2.73 bits per heavy atom. The number of nitriles is 1. The third-order valence-corrected chi connectivity index (χ3v) is 2.37. The van der Waals surface area contributed by atoms with Gasteiger partial charge in [-0.3, -0.25) is 0 Å². The number of nitrogens with zero attached hydrogens (tertiary/aromatic N) is 3. The zero-order chi connectivity index (χ0) is 11.1. The van der Waals surface area contributed by atoms with Crippen LogP contribution in [0.1, 0.15) is 31.7 Å². The standard InChI is InChI=1S/C12H17N3/c1-3-4-5-8-15(2)12-7-6-11(9-13)10-14-12/h6-7,10H,3-5,8H2,1-2H3. The van der Waals surface area contributed by atoms with Gasteiger partial charge >= 0.3 is 0 Å². The lowest BCUT2D eigenvalue weighted by Gasteiger charge is -2.17. The molecule has 0 N–H and O–H groups in total. The van der Waals surface area contributed by atoms with E-state index in [2.05, 4.69) is 22.9 Å². The summed E-state index contributed by atoms with van der Waals surface area (Å²) in [5.74, 6) is 0.935. The predicted molar refractivity (Wildman–Crippen MR) is 61.7 cm³/mol. The van der Waals surface area contributed by atoms with E-state index in [1.165, 1.54) is 19.3 Å². The predicted octanol–water partition coefficient (Wildman–Crippen LogP) is 2.58. The topological polar surface area (TPSA) is 39.9 Å². The Morgan fingerprint density at radius 1 is 1.40 bits per heavy atom. The Kier molecular flexibility index (Phi) is 4.62. The first kappa shape index (κ1) is 11.5. The summed E-state index contributed by atoms with van der Waals surface area (Å²) in [6.45, 7) is 3.21. The Hall–Kier alpha value is -1.56. The van der Waals surface area contributed by atoms with Crippen molar-refractivity contribution >= 4 is 5.82 Å². The zero-order valence-corrected chi connectivity index (χ0v) is 9.40. The first-order valence-electron chi connectivity index (χ1n) is 5.35. The fraction of sp³-hybridized carbons (Fsp3) is 0.500. The van der Waals surface area contributed by atoms with Gasteiger partial charge in [-0.05, 0) is 18.6 Å². The molecule has 1 heterocycles. The van der Waals surface area contributed by atoms with Crippen molar-refractivity contribution in [3.05, 3.63) is 23.9 Å². The number of hydrogen-bond acceptors (Lipinski definition) is 3. The van der Waals surface area contributed by atoms with Crippen molar-refractivity contribution in [3.8, 4) is 6.07 Å². The van der Waals surface area contributed by atoms with Crippen molar-refractivity contribution in [1.29, 1.82) is 5.26 Å². The summed E-state index contributed by atoms with van der Waals surface area (Å²) in [7, 11) is 2.03. The summed E-state index contributed by atoms with van der Waals surface area (Å²) >= 11 is 0. The number of unbranched alkanes of at least 4 members (excludes halogenated alkanes) is 2. The first-order valence-corrected chi connectivity index (χ1v) is 5.35. The SMILES string of the molecule is CCCCCN(C)c1ccc(C#N)cn1. The molecule has 0 radical (unpaired) electrons. The van der Waals surface area contributed by atoms with Gasteiger partial charge in [-0.15, -0.1) is 0 Å². The van der Waals surface area contributed by atoms with Crippen LogP contribution < -0.4 is 4.90 Å². The maximum absolute atomic E-state index is 8.64. The third kappa shape index (κ3) is 3.59. The highest BCUT2D eigenvalue weighted by atomic mass is 15.2. The van der Waals surface area contributed by atoms with Crippen molar-refractivity contribution in [2.45, 2.75) is 26.2 Å². The molecule has 0 unspecified atom stereocenters. The molecule has 1 aromatic heterocycles. The normalized spacial score (nSPS) is 9.67. The molecule has 0 saturated heterocycles. The minimum absolute atomic E-state index is 0.612. The van der Waals surface area contributed by atoms with Gasteiger partial charge in [0.05, 0.1) is 5.56 Å². The van der Waals surface area contributed by atoms with Crippen molar-refractivity contribution < 1.29 is 0 Å². The van der Waals surface area contributed by atoms with Gasteiger partial charge in [-0.2, -0.15) is 5.26 Å². The number of anilines is 1. The second-order valence-corrected chi connectivity index (χ2v) is 3.65. The quantitative estimate of drug-likeness (QED) is 0.690. The summed E-state index contributed by atoms with van der Waals surface area (Å²) < 4.78 is 0. The molecule has 15 heavy (non-hydrogen) atoms. The average molecular weight is 203 g/mol. The number of aromatic nitrogens is 1. The van der Waals surface area contributed by atoms with Crippen molar-refractivity contribution in [3.63, 3.8) is 0 Å². The molecule has 3 nitrogen and oxygen atoms in total. The zero-order valence-electron chi connectivity index (χ0n) is 9.40. The van der Waals surface area contributed by atoms with Gasteiger partial charge < -0.3 is 4.90 Å².